The smallest absolute Gasteiger partial charge is 0.325 e. The molecule has 2 fully saturated rings. The van der Waals surface area contributed by atoms with Gasteiger partial charge < -0.3 is 20.3 Å². The van der Waals surface area contributed by atoms with Gasteiger partial charge in [0.2, 0.25) is 5.91 Å². The SMILES string of the molecule is CN1C(=O)NC(=O)C2C(c3ccc(OCc4ccccc4)cc3)NC(=O)NC21. The van der Waals surface area contributed by atoms with E-state index in [1.54, 1.807) is 19.2 Å². The maximum absolute atomic E-state index is 12.4. The Morgan fingerprint density at radius 1 is 0.964 bits per heavy atom. The molecule has 2 aromatic carbocycles. The summed E-state index contributed by atoms with van der Waals surface area (Å²) in [6.45, 7) is 0.449. The predicted molar refractivity (Wildman–Crippen MR) is 100 cm³/mol. The number of nitrogens with zero attached hydrogens (tertiary/aromatic N) is 1. The number of urea groups is 2. The molecule has 144 valence electrons. The lowest BCUT2D eigenvalue weighted by atomic mass is 9.86. The Kier molecular flexibility index (Phi) is 4.60. The van der Waals surface area contributed by atoms with Gasteiger partial charge in [-0.25, -0.2) is 9.59 Å². The Morgan fingerprint density at radius 3 is 2.39 bits per heavy atom. The van der Waals surface area contributed by atoms with Crippen LogP contribution in [0.3, 0.4) is 0 Å². The molecule has 28 heavy (non-hydrogen) atoms. The fourth-order valence-electron chi connectivity index (χ4n) is 3.52. The largest absolute Gasteiger partial charge is 0.489 e. The second-order valence-electron chi connectivity index (χ2n) is 6.81. The van der Waals surface area contributed by atoms with Crippen LogP contribution in [0.1, 0.15) is 17.2 Å². The van der Waals surface area contributed by atoms with Crippen LogP contribution in [0.4, 0.5) is 9.59 Å². The van der Waals surface area contributed by atoms with Gasteiger partial charge in [0.25, 0.3) is 0 Å². The van der Waals surface area contributed by atoms with E-state index in [1.165, 1.54) is 4.90 Å². The highest BCUT2D eigenvalue weighted by Gasteiger charge is 2.48. The van der Waals surface area contributed by atoms with Crippen molar-refractivity contribution in [2.24, 2.45) is 5.92 Å². The third-order valence-corrected chi connectivity index (χ3v) is 5.02. The Hall–Kier alpha value is -3.55. The number of carbonyl (C=O) groups is 3. The number of rotatable bonds is 4. The number of imide groups is 1. The average molecular weight is 380 g/mol. The van der Waals surface area contributed by atoms with Crippen molar-refractivity contribution in [3.05, 3.63) is 65.7 Å². The summed E-state index contributed by atoms with van der Waals surface area (Å²) in [6.07, 6.45) is -0.700. The van der Waals surface area contributed by atoms with Crippen LogP contribution in [-0.4, -0.2) is 36.1 Å². The van der Waals surface area contributed by atoms with Crippen LogP contribution in [0.25, 0.3) is 0 Å². The number of carbonyl (C=O) groups excluding carboxylic acids is 3. The van der Waals surface area contributed by atoms with Gasteiger partial charge in [0.15, 0.2) is 0 Å². The number of amides is 5. The Bertz CT molecular complexity index is 900. The summed E-state index contributed by atoms with van der Waals surface area (Å²) < 4.78 is 5.78. The van der Waals surface area contributed by atoms with E-state index in [9.17, 15) is 14.4 Å². The zero-order valence-electron chi connectivity index (χ0n) is 15.2. The van der Waals surface area contributed by atoms with Crippen LogP contribution in [0.2, 0.25) is 0 Å². The molecule has 3 N–H and O–H groups in total. The van der Waals surface area contributed by atoms with Gasteiger partial charge in [-0.1, -0.05) is 42.5 Å². The van der Waals surface area contributed by atoms with Crippen molar-refractivity contribution < 1.29 is 19.1 Å². The van der Waals surface area contributed by atoms with Crippen molar-refractivity contribution in [2.45, 2.75) is 18.8 Å². The fourth-order valence-corrected chi connectivity index (χ4v) is 3.52. The van der Waals surface area contributed by atoms with Crippen LogP contribution in [0, 0.1) is 5.92 Å². The molecule has 0 saturated carbocycles. The summed E-state index contributed by atoms with van der Waals surface area (Å²) in [4.78, 5) is 37.7. The van der Waals surface area contributed by atoms with E-state index in [4.69, 9.17) is 4.74 Å². The molecule has 8 nitrogen and oxygen atoms in total. The van der Waals surface area contributed by atoms with E-state index in [2.05, 4.69) is 16.0 Å². The lowest BCUT2D eigenvalue weighted by Gasteiger charge is -2.45. The van der Waals surface area contributed by atoms with Crippen LogP contribution in [-0.2, 0) is 11.4 Å². The molecule has 0 aromatic heterocycles. The normalized spacial score (nSPS) is 24.0. The summed E-state index contributed by atoms with van der Waals surface area (Å²) in [5.41, 5.74) is 1.82. The van der Waals surface area contributed by atoms with Gasteiger partial charge in [-0.15, -0.1) is 0 Å². The lowest BCUT2D eigenvalue weighted by Crippen LogP contribution is -2.71. The molecule has 2 aromatic rings. The minimum atomic E-state index is -0.700. The van der Waals surface area contributed by atoms with Gasteiger partial charge in [-0.3, -0.25) is 10.1 Å². The monoisotopic (exact) mass is 380 g/mol. The molecular formula is C20H20N4O4. The van der Waals surface area contributed by atoms with E-state index in [-0.39, 0.29) is 0 Å². The topological polar surface area (TPSA) is 99.8 Å². The number of fused-ring (bicyclic) bond motifs is 1. The second-order valence-corrected chi connectivity index (χ2v) is 6.81. The van der Waals surface area contributed by atoms with E-state index in [0.717, 1.165) is 11.1 Å². The molecule has 2 aliphatic rings. The minimum absolute atomic E-state index is 0.421. The second kappa shape index (κ2) is 7.22. The first-order valence-electron chi connectivity index (χ1n) is 8.94. The first kappa shape index (κ1) is 17.8. The molecule has 5 amide bonds. The number of benzene rings is 2. The fraction of sp³-hybridized carbons (Fsp3) is 0.250. The molecule has 0 spiro atoms. The minimum Gasteiger partial charge on any atom is -0.489 e. The Balaban J connectivity index is 1.51. The summed E-state index contributed by atoms with van der Waals surface area (Å²) >= 11 is 0. The third-order valence-electron chi connectivity index (χ3n) is 5.02. The first-order chi connectivity index (χ1) is 13.5. The van der Waals surface area contributed by atoms with Crippen molar-refractivity contribution in [1.82, 2.24) is 20.9 Å². The molecule has 3 atom stereocenters. The van der Waals surface area contributed by atoms with Crippen LogP contribution in [0.15, 0.2) is 54.6 Å². The summed E-state index contributed by atoms with van der Waals surface area (Å²) in [5, 5.41) is 7.76. The van der Waals surface area contributed by atoms with Crippen molar-refractivity contribution in [3.63, 3.8) is 0 Å². The third kappa shape index (κ3) is 3.36. The van der Waals surface area contributed by atoms with Crippen molar-refractivity contribution in [1.29, 1.82) is 0 Å². The molecule has 3 unspecified atom stereocenters. The molecule has 2 heterocycles. The molecule has 4 rings (SSSR count). The standard InChI is InChI=1S/C20H20N4O4/c1-24-17-15(18(25)23-20(24)27)16(21-19(26)22-17)13-7-9-14(10-8-13)28-11-12-5-3-2-4-6-12/h2-10,15-17H,11H2,1H3,(H2,21,22,26)(H,23,25,27). The molecule has 2 saturated heterocycles. The summed E-state index contributed by atoms with van der Waals surface area (Å²) in [7, 11) is 1.54. The zero-order valence-corrected chi connectivity index (χ0v) is 15.2. The van der Waals surface area contributed by atoms with Gasteiger partial charge in [0, 0.05) is 7.05 Å². The van der Waals surface area contributed by atoms with Gasteiger partial charge in [-0.2, -0.15) is 0 Å². The molecule has 0 aliphatic carbocycles. The predicted octanol–water partition coefficient (Wildman–Crippen LogP) is 1.74. The Morgan fingerprint density at radius 2 is 1.68 bits per heavy atom. The van der Waals surface area contributed by atoms with Crippen LogP contribution >= 0.6 is 0 Å². The maximum atomic E-state index is 12.4. The number of hydrogen-bond donors (Lipinski definition) is 3. The summed E-state index contributed by atoms with van der Waals surface area (Å²) in [6, 6.07) is 15.6. The Labute approximate surface area is 161 Å². The van der Waals surface area contributed by atoms with Crippen molar-refractivity contribution in [3.8, 4) is 5.75 Å². The number of nitrogens with one attached hydrogen (secondary N) is 3. The zero-order chi connectivity index (χ0) is 19.7. The van der Waals surface area contributed by atoms with E-state index < -0.39 is 36.1 Å². The highest BCUT2D eigenvalue weighted by molar-refractivity contribution is 6.00. The quantitative estimate of drug-likeness (QED) is 0.752. The number of ether oxygens (including phenoxy) is 1. The van der Waals surface area contributed by atoms with Crippen LogP contribution < -0.4 is 20.7 Å². The van der Waals surface area contributed by atoms with E-state index >= 15 is 0 Å². The molecule has 0 radical (unpaired) electrons. The molecule has 0 bridgehead atoms. The molecule has 8 heteroatoms. The maximum Gasteiger partial charge on any atom is 0.325 e. The molecule has 2 aliphatic heterocycles. The summed E-state index contributed by atoms with van der Waals surface area (Å²) in [5.74, 6) is -0.378. The number of hydrogen-bond acceptors (Lipinski definition) is 4. The van der Waals surface area contributed by atoms with Gasteiger partial charge in [-0.05, 0) is 23.3 Å². The van der Waals surface area contributed by atoms with Crippen molar-refractivity contribution in [2.75, 3.05) is 7.05 Å². The van der Waals surface area contributed by atoms with Gasteiger partial charge >= 0.3 is 12.1 Å². The highest BCUT2D eigenvalue weighted by Crippen LogP contribution is 2.32. The molecular weight excluding hydrogens is 360 g/mol. The van der Waals surface area contributed by atoms with Crippen LogP contribution in [0.5, 0.6) is 5.75 Å². The lowest BCUT2D eigenvalue weighted by molar-refractivity contribution is -0.130. The highest BCUT2D eigenvalue weighted by atomic mass is 16.5. The van der Waals surface area contributed by atoms with Crippen molar-refractivity contribution >= 4 is 18.0 Å². The van der Waals surface area contributed by atoms with E-state index in [0.29, 0.717) is 12.4 Å². The van der Waals surface area contributed by atoms with E-state index in [1.807, 2.05) is 42.5 Å². The van der Waals surface area contributed by atoms with Gasteiger partial charge in [0.05, 0.1) is 6.04 Å². The first-order valence-corrected chi connectivity index (χ1v) is 8.94. The average Bonchev–Trinajstić information content (AvgIpc) is 2.71. The van der Waals surface area contributed by atoms with Gasteiger partial charge in [0.1, 0.15) is 24.4 Å².